The van der Waals surface area contributed by atoms with Crippen LogP contribution in [0.25, 0.3) is 11.5 Å². The Morgan fingerprint density at radius 1 is 1.14 bits per heavy atom. The lowest BCUT2D eigenvalue weighted by molar-refractivity contribution is 0.240. The molecule has 0 aliphatic rings. The second-order valence-corrected chi connectivity index (χ2v) is 6.06. The first kappa shape index (κ1) is 19.2. The Bertz CT molecular complexity index is 979. The van der Waals surface area contributed by atoms with Gasteiger partial charge in [-0.05, 0) is 29.8 Å². The van der Waals surface area contributed by atoms with Crippen molar-refractivity contribution in [3.05, 3.63) is 64.7 Å². The molecule has 0 saturated heterocycles. The molecule has 2 heterocycles. The molecule has 2 N–H and O–H groups in total. The molecule has 0 saturated carbocycles. The molecule has 0 radical (unpaired) electrons. The van der Waals surface area contributed by atoms with E-state index in [0.717, 1.165) is 11.3 Å². The molecule has 0 aliphatic heterocycles. The highest BCUT2D eigenvalue weighted by Crippen LogP contribution is 2.11. The summed E-state index contributed by atoms with van der Waals surface area (Å²) in [5, 5.41) is 9.79. The lowest BCUT2D eigenvalue weighted by atomic mass is 10.2. The topological polar surface area (TPSA) is 103 Å². The van der Waals surface area contributed by atoms with Crippen molar-refractivity contribution >= 4 is 6.03 Å². The summed E-state index contributed by atoms with van der Waals surface area (Å²) in [7, 11) is 3.25. The van der Waals surface area contributed by atoms with E-state index in [1.54, 1.807) is 32.5 Å². The first-order valence-corrected chi connectivity index (χ1v) is 8.78. The van der Waals surface area contributed by atoms with Crippen molar-refractivity contribution in [3.8, 4) is 17.3 Å². The maximum atomic E-state index is 12.3. The SMILES string of the molecule is COc1ccc(CNC(=O)NCCn2nc(-c3ccccn3)n(C)c2=O)cc1. The number of methoxy groups -OCH3 is 1. The van der Waals surface area contributed by atoms with Gasteiger partial charge in [-0.2, -0.15) is 0 Å². The number of amides is 2. The fourth-order valence-corrected chi connectivity index (χ4v) is 2.62. The van der Waals surface area contributed by atoms with E-state index >= 15 is 0 Å². The summed E-state index contributed by atoms with van der Waals surface area (Å²) >= 11 is 0. The van der Waals surface area contributed by atoms with E-state index < -0.39 is 0 Å². The van der Waals surface area contributed by atoms with E-state index in [1.165, 1.54) is 9.25 Å². The fraction of sp³-hybridized carbons (Fsp3) is 0.263. The van der Waals surface area contributed by atoms with Crippen LogP contribution in [-0.2, 0) is 20.1 Å². The number of nitrogens with zero attached hydrogens (tertiary/aromatic N) is 4. The predicted octanol–water partition coefficient (Wildman–Crippen LogP) is 1.15. The van der Waals surface area contributed by atoms with Crippen molar-refractivity contribution in [3.63, 3.8) is 0 Å². The first-order chi connectivity index (χ1) is 13.6. The van der Waals surface area contributed by atoms with Crippen LogP contribution in [0, 0.1) is 0 Å². The van der Waals surface area contributed by atoms with Crippen molar-refractivity contribution in [2.24, 2.45) is 7.05 Å². The van der Waals surface area contributed by atoms with Gasteiger partial charge < -0.3 is 15.4 Å². The van der Waals surface area contributed by atoms with Crippen LogP contribution in [-0.4, -0.2) is 39.0 Å². The van der Waals surface area contributed by atoms with Crippen LogP contribution in [0.3, 0.4) is 0 Å². The first-order valence-electron chi connectivity index (χ1n) is 8.78. The van der Waals surface area contributed by atoms with Crippen LogP contribution in [0.4, 0.5) is 4.79 Å². The smallest absolute Gasteiger partial charge is 0.346 e. The van der Waals surface area contributed by atoms with Gasteiger partial charge >= 0.3 is 11.7 Å². The van der Waals surface area contributed by atoms with Gasteiger partial charge in [-0.1, -0.05) is 18.2 Å². The van der Waals surface area contributed by atoms with E-state index in [2.05, 4.69) is 20.7 Å². The Morgan fingerprint density at radius 3 is 2.61 bits per heavy atom. The Labute approximate surface area is 162 Å². The van der Waals surface area contributed by atoms with Crippen LogP contribution < -0.4 is 21.1 Å². The van der Waals surface area contributed by atoms with Gasteiger partial charge in [-0.3, -0.25) is 9.55 Å². The maximum absolute atomic E-state index is 12.3. The largest absolute Gasteiger partial charge is 0.497 e. The molecule has 28 heavy (non-hydrogen) atoms. The van der Waals surface area contributed by atoms with Crippen molar-refractivity contribution in [1.29, 1.82) is 0 Å². The summed E-state index contributed by atoms with van der Waals surface area (Å²) in [6.07, 6.45) is 1.65. The molecule has 0 aliphatic carbocycles. The lowest BCUT2D eigenvalue weighted by Crippen LogP contribution is -2.38. The van der Waals surface area contributed by atoms with Gasteiger partial charge in [0.15, 0.2) is 5.82 Å². The summed E-state index contributed by atoms with van der Waals surface area (Å²) in [6, 6.07) is 12.5. The van der Waals surface area contributed by atoms with Gasteiger partial charge in [0.2, 0.25) is 0 Å². The minimum atomic E-state index is -0.315. The zero-order valence-electron chi connectivity index (χ0n) is 15.8. The lowest BCUT2D eigenvalue weighted by Gasteiger charge is -2.08. The summed E-state index contributed by atoms with van der Waals surface area (Å²) in [5.74, 6) is 1.24. The number of carbonyl (C=O) groups is 1. The number of pyridine rings is 1. The highest BCUT2D eigenvalue weighted by molar-refractivity contribution is 5.73. The highest BCUT2D eigenvalue weighted by Gasteiger charge is 2.12. The fourth-order valence-electron chi connectivity index (χ4n) is 2.62. The zero-order valence-corrected chi connectivity index (χ0v) is 15.8. The molecule has 1 aromatic carbocycles. The third kappa shape index (κ3) is 4.56. The normalized spacial score (nSPS) is 10.5. The van der Waals surface area contributed by atoms with E-state index in [-0.39, 0.29) is 24.8 Å². The quantitative estimate of drug-likeness (QED) is 0.638. The summed E-state index contributed by atoms with van der Waals surface area (Å²) in [4.78, 5) is 28.5. The number of aromatic nitrogens is 4. The van der Waals surface area contributed by atoms with Crippen molar-refractivity contribution in [2.75, 3.05) is 13.7 Å². The van der Waals surface area contributed by atoms with E-state index in [0.29, 0.717) is 18.1 Å². The molecule has 0 spiro atoms. The Hall–Kier alpha value is -3.62. The molecule has 2 amide bonds. The minimum absolute atomic E-state index is 0.259. The zero-order chi connectivity index (χ0) is 19.9. The Kier molecular flexibility index (Phi) is 6.05. The molecular formula is C19H22N6O3. The number of nitrogens with one attached hydrogen (secondary N) is 2. The minimum Gasteiger partial charge on any atom is -0.497 e. The molecule has 0 unspecified atom stereocenters. The van der Waals surface area contributed by atoms with Crippen LogP contribution in [0.5, 0.6) is 5.75 Å². The number of ether oxygens (including phenoxy) is 1. The molecule has 0 fully saturated rings. The Balaban J connectivity index is 1.50. The number of hydrogen-bond donors (Lipinski definition) is 2. The number of hydrogen-bond acceptors (Lipinski definition) is 5. The molecule has 0 bridgehead atoms. The van der Waals surface area contributed by atoms with Crippen molar-refractivity contribution in [1.82, 2.24) is 30.0 Å². The van der Waals surface area contributed by atoms with Crippen molar-refractivity contribution in [2.45, 2.75) is 13.1 Å². The van der Waals surface area contributed by atoms with E-state index in [4.69, 9.17) is 4.74 Å². The molecule has 2 aromatic heterocycles. The summed E-state index contributed by atoms with van der Waals surface area (Å²) in [6.45, 7) is 0.922. The van der Waals surface area contributed by atoms with Crippen molar-refractivity contribution < 1.29 is 9.53 Å². The third-order valence-corrected chi connectivity index (χ3v) is 4.16. The van der Waals surface area contributed by atoms with Gasteiger partial charge in [-0.15, -0.1) is 5.10 Å². The summed E-state index contributed by atoms with van der Waals surface area (Å²) < 4.78 is 7.85. The van der Waals surface area contributed by atoms with Gasteiger partial charge in [0.25, 0.3) is 0 Å². The summed E-state index contributed by atoms with van der Waals surface area (Å²) in [5.41, 5.74) is 1.31. The molecule has 3 rings (SSSR count). The standard InChI is InChI=1S/C19H22N6O3/c1-24-17(16-5-3-4-10-20-16)23-25(19(24)27)12-11-21-18(26)22-13-14-6-8-15(28-2)9-7-14/h3-10H,11-13H2,1-2H3,(H2,21,22,26). The number of benzene rings is 1. The average molecular weight is 382 g/mol. The highest BCUT2D eigenvalue weighted by atomic mass is 16.5. The second kappa shape index (κ2) is 8.85. The molecular weight excluding hydrogens is 360 g/mol. The average Bonchev–Trinajstić information content (AvgIpc) is 3.02. The van der Waals surface area contributed by atoms with Gasteiger partial charge in [0, 0.05) is 26.3 Å². The van der Waals surface area contributed by atoms with Crippen LogP contribution in [0.15, 0.2) is 53.5 Å². The second-order valence-electron chi connectivity index (χ2n) is 6.06. The molecule has 146 valence electrons. The van der Waals surface area contributed by atoms with Crippen LogP contribution >= 0.6 is 0 Å². The van der Waals surface area contributed by atoms with E-state index in [1.807, 2.05) is 30.3 Å². The molecule has 9 heteroatoms. The van der Waals surface area contributed by atoms with Gasteiger partial charge in [0.1, 0.15) is 11.4 Å². The number of urea groups is 1. The monoisotopic (exact) mass is 382 g/mol. The van der Waals surface area contributed by atoms with Crippen LogP contribution in [0.2, 0.25) is 0 Å². The number of carbonyl (C=O) groups excluding carboxylic acids is 1. The van der Waals surface area contributed by atoms with E-state index in [9.17, 15) is 9.59 Å². The maximum Gasteiger partial charge on any atom is 0.346 e. The van der Waals surface area contributed by atoms with Crippen LogP contribution in [0.1, 0.15) is 5.56 Å². The number of rotatable bonds is 7. The molecule has 3 aromatic rings. The molecule has 9 nitrogen and oxygen atoms in total. The Morgan fingerprint density at radius 2 is 1.93 bits per heavy atom. The predicted molar refractivity (Wildman–Crippen MR) is 104 cm³/mol. The van der Waals surface area contributed by atoms with Gasteiger partial charge in [-0.25, -0.2) is 14.3 Å². The molecule has 0 atom stereocenters. The van der Waals surface area contributed by atoms with Gasteiger partial charge in [0.05, 0.1) is 13.7 Å². The third-order valence-electron chi connectivity index (χ3n) is 4.16.